The number of anilines is 1. The van der Waals surface area contributed by atoms with Crippen molar-refractivity contribution in [2.24, 2.45) is 11.7 Å². The van der Waals surface area contributed by atoms with E-state index in [1.54, 1.807) is 6.07 Å². The number of rotatable bonds is 3. The van der Waals surface area contributed by atoms with Crippen molar-refractivity contribution in [3.63, 3.8) is 0 Å². The number of primary amides is 1. The van der Waals surface area contributed by atoms with Crippen LogP contribution in [0.5, 0.6) is 0 Å². The van der Waals surface area contributed by atoms with Crippen LogP contribution in [0.1, 0.15) is 29.6 Å². The number of nitrogens with zero attached hydrogens (tertiary/aromatic N) is 3. The fraction of sp³-hybridized carbons (Fsp3) is 0.533. The Morgan fingerprint density at radius 2 is 2.00 bits per heavy atom. The van der Waals surface area contributed by atoms with Crippen LogP contribution in [-0.4, -0.2) is 47.9 Å². The van der Waals surface area contributed by atoms with Crippen molar-refractivity contribution in [3.05, 3.63) is 22.8 Å². The molecule has 3 rings (SSSR count). The summed E-state index contributed by atoms with van der Waals surface area (Å²) < 4.78 is 0. The van der Waals surface area contributed by atoms with Crippen molar-refractivity contribution < 1.29 is 9.59 Å². The SMILES string of the molecule is NC(=O)c1cnc(N2CCCN(C(=O)C3CC3)CC2)c(Cl)c1. The highest BCUT2D eigenvalue weighted by molar-refractivity contribution is 6.33. The lowest BCUT2D eigenvalue weighted by Gasteiger charge is -2.23. The summed E-state index contributed by atoms with van der Waals surface area (Å²) in [6, 6.07) is 1.55. The molecule has 1 saturated carbocycles. The molecule has 0 aromatic carbocycles. The van der Waals surface area contributed by atoms with Crippen LogP contribution in [0, 0.1) is 5.92 Å². The van der Waals surface area contributed by atoms with Gasteiger partial charge in [0.25, 0.3) is 0 Å². The number of halogens is 1. The molecule has 0 radical (unpaired) electrons. The molecule has 1 aliphatic heterocycles. The predicted molar refractivity (Wildman–Crippen MR) is 83.9 cm³/mol. The van der Waals surface area contributed by atoms with Crippen molar-refractivity contribution in [2.75, 3.05) is 31.1 Å². The van der Waals surface area contributed by atoms with E-state index in [4.69, 9.17) is 17.3 Å². The van der Waals surface area contributed by atoms with Crippen molar-refractivity contribution >= 4 is 29.2 Å². The van der Waals surface area contributed by atoms with Crippen LogP contribution in [0.4, 0.5) is 5.82 Å². The van der Waals surface area contributed by atoms with Crippen LogP contribution < -0.4 is 10.6 Å². The maximum absolute atomic E-state index is 12.2. The third-order valence-electron chi connectivity index (χ3n) is 4.14. The van der Waals surface area contributed by atoms with Gasteiger partial charge in [-0.2, -0.15) is 0 Å². The lowest BCUT2D eigenvalue weighted by atomic mass is 10.2. The summed E-state index contributed by atoms with van der Waals surface area (Å²) in [5.41, 5.74) is 5.53. The second kappa shape index (κ2) is 6.12. The van der Waals surface area contributed by atoms with Crippen molar-refractivity contribution in [1.29, 1.82) is 0 Å². The third-order valence-corrected chi connectivity index (χ3v) is 4.42. The summed E-state index contributed by atoms with van der Waals surface area (Å²) in [4.78, 5) is 31.6. The molecule has 6 nitrogen and oxygen atoms in total. The Morgan fingerprint density at radius 3 is 2.64 bits per heavy atom. The summed E-state index contributed by atoms with van der Waals surface area (Å²) in [6.45, 7) is 2.95. The second-order valence-corrected chi connectivity index (χ2v) is 6.24. The third kappa shape index (κ3) is 3.16. The van der Waals surface area contributed by atoms with E-state index in [0.29, 0.717) is 29.5 Å². The molecule has 118 valence electrons. The average Bonchev–Trinajstić information content (AvgIpc) is 3.33. The van der Waals surface area contributed by atoms with E-state index >= 15 is 0 Å². The van der Waals surface area contributed by atoms with Crippen LogP contribution in [-0.2, 0) is 4.79 Å². The zero-order valence-corrected chi connectivity index (χ0v) is 13.1. The van der Waals surface area contributed by atoms with Gasteiger partial charge < -0.3 is 15.5 Å². The number of hydrogen-bond donors (Lipinski definition) is 1. The summed E-state index contributed by atoms with van der Waals surface area (Å²) in [5, 5.41) is 0.415. The molecule has 0 bridgehead atoms. The highest BCUT2D eigenvalue weighted by Crippen LogP contribution is 2.31. The Balaban J connectivity index is 1.70. The minimum absolute atomic E-state index is 0.253. The lowest BCUT2D eigenvalue weighted by molar-refractivity contribution is -0.132. The highest BCUT2D eigenvalue weighted by Gasteiger charge is 2.34. The number of nitrogens with two attached hydrogens (primary N) is 1. The maximum Gasteiger partial charge on any atom is 0.250 e. The first-order valence-corrected chi connectivity index (χ1v) is 7.93. The summed E-state index contributed by atoms with van der Waals surface area (Å²) in [7, 11) is 0. The summed E-state index contributed by atoms with van der Waals surface area (Å²) >= 11 is 6.23. The Labute approximate surface area is 134 Å². The molecular weight excluding hydrogens is 304 g/mol. The first-order valence-electron chi connectivity index (χ1n) is 7.55. The quantitative estimate of drug-likeness (QED) is 0.909. The molecular formula is C15H19ClN4O2. The monoisotopic (exact) mass is 322 g/mol. The van der Waals surface area contributed by atoms with Gasteiger partial charge in [-0.1, -0.05) is 11.6 Å². The van der Waals surface area contributed by atoms with Crippen LogP contribution in [0.2, 0.25) is 5.02 Å². The van der Waals surface area contributed by atoms with E-state index in [1.807, 2.05) is 4.90 Å². The van der Waals surface area contributed by atoms with Gasteiger partial charge in [0.1, 0.15) is 5.82 Å². The number of carbonyl (C=O) groups excluding carboxylic acids is 2. The zero-order chi connectivity index (χ0) is 15.7. The topological polar surface area (TPSA) is 79.5 Å². The number of amides is 2. The van der Waals surface area contributed by atoms with E-state index in [-0.39, 0.29) is 11.8 Å². The molecule has 0 unspecified atom stereocenters. The van der Waals surface area contributed by atoms with Gasteiger partial charge in [-0.05, 0) is 25.3 Å². The molecule has 1 aromatic rings. The number of pyridine rings is 1. The van der Waals surface area contributed by atoms with Crippen LogP contribution in [0.3, 0.4) is 0 Å². The molecule has 2 heterocycles. The van der Waals surface area contributed by atoms with E-state index in [2.05, 4.69) is 9.88 Å². The standard InChI is InChI=1S/C15H19ClN4O2/c16-12-8-11(13(17)21)9-18-14(12)19-4-1-5-20(7-6-19)15(22)10-2-3-10/h8-10H,1-7H2,(H2,17,21). The molecule has 22 heavy (non-hydrogen) atoms. The Bertz CT molecular complexity index is 603. The molecule has 1 aliphatic carbocycles. The number of carbonyl (C=O) groups is 2. The van der Waals surface area contributed by atoms with Gasteiger partial charge in [0.15, 0.2) is 0 Å². The molecule has 7 heteroatoms. The van der Waals surface area contributed by atoms with Crippen LogP contribution in [0.15, 0.2) is 12.3 Å². The highest BCUT2D eigenvalue weighted by atomic mass is 35.5. The maximum atomic E-state index is 12.2. The van der Waals surface area contributed by atoms with E-state index in [0.717, 1.165) is 32.4 Å². The molecule has 1 aromatic heterocycles. The number of aromatic nitrogens is 1. The second-order valence-electron chi connectivity index (χ2n) is 5.83. The average molecular weight is 323 g/mol. The van der Waals surface area contributed by atoms with E-state index in [9.17, 15) is 9.59 Å². The normalized spacial score (nSPS) is 19.0. The lowest BCUT2D eigenvalue weighted by Crippen LogP contribution is -2.36. The van der Waals surface area contributed by atoms with Crippen molar-refractivity contribution in [2.45, 2.75) is 19.3 Å². The first-order chi connectivity index (χ1) is 10.6. The van der Waals surface area contributed by atoms with Crippen LogP contribution in [0.25, 0.3) is 0 Å². The zero-order valence-electron chi connectivity index (χ0n) is 12.3. The van der Waals surface area contributed by atoms with Gasteiger partial charge in [0.05, 0.1) is 10.6 Å². The summed E-state index contributed by atoms with van der Waals surface area (Å²) in [5.74, 6) is 0.638. The predicted octanol–water partition coefficient (Wildman–Crippen LogP) is 1.28. The van der Waals surface area contributed by atoms with Gasteiger partial charge in [0.2, 0.25) is 11.8 Å². The molecule has 0 atom stereocenters. The molecule has 0 spiro atoms. The first kappa shape index (κ1) is 15.1. The van der Waals surface area contributed by atoms with Gasteiger partial charge in [-0.25, -0.2) is 4.98 Å². The van der Waals surface area contributed by atoms with E-state index < -0.39 is 5.91 Å². The fourth-order valence-corrected chi connectivity index (χ4v) is 3.02. The number of hydrogen-bond acceptors (Lipinski definition) is 4. The largest absolute Gasteiger partial charge is 0.366 e. The Morgan fingerprint density at radius 1 is 1.23 bits per heavy atom. The molecule has 2 N–H and O–H groups in total. The smallest absolute Gasteiger partial charge is 0.250 e. The Kier molecular flexibility index (Phi) is 4.20. The van der Waals surface area contributed by atoms with Gasteiger partial charge >= 0.3 is 0 Å². The molecule has 2 aliphatic rings. The van der Waals surface area contributed by atoms with Gasteiger partial charge in [0, 0.05) is 38.3 Å². The molecule has 2 amide bonds. The van der Waals surface area contributed by atoms with Gasteiger partial charge in [-0.15, -0.1) is 0 Å². The van der Waals surface area contributed by atoms with Crippen LogP contribution >= 0.6 is 11.6 Å². The van der Waals surface area contributed by atoms with Crippen molar-refractivity contribution in [3.8, 4) is 0 Å². The summed E-state index contributed by atoms with van der Waals surface area (Å²) in [6.07, 6.45) is 4.39. The minimum Gasteiger partial charge on any atom is -0.366 e. The minimum atomic E-state index is -0.543. The molecule has 1 saturated heterocycles. The molecule has 2 fully saturated rings. The van der Waals surface area contributed by atoms with Crippen molar-refractivity contribution in [1.82, 2.24) is 9.88 Å². The van der Waals surface area contributed by atoms with Gasteiger partial charge in [-0.3, -0.25) is 9.59 Å². The Hall–Kier alpha value is -1.82. The van der Waals surface area contributed by atoms with E-state index in [1.165, 1.54) is 6.20 Å². The fourth-order valence-electron chi connectivity index (χ4n) is 2.74.